The Kier molecular flexibility index (Phi) is 3.89. The molecule has 2 rings (SSSR count). The number of fused-ring (bicyclic) bond motifs is 1. The van der Waals surface area contributed by atoms with Crippen LogP contribution in [0, 0.1) is 5.92 Å². The van der Waals surface area contributed by atoms with Crippen LogP contribution in [-0.4, -0.2) is 22.3 Å². The van der Waals surface area contributed by atoms with Crippen LogP contribution in [-0.2, 0) is 17.8 Å². The number of hydrogen-bond acceptors (Lipinski definition) is 4. The van der Waals surface area contributed by atoms with Crippen molar-refractivity contribution in [1.29, 1.82) is 0 Å². The van der Waals surface area contributed by atoms with Gasteiger partial charge in [0.25, 0.3) is 6.01 Å². The van der Waals surface area contributed by atoms with Crippen LogP contribution in [0.1, 0.15) is 44.6 Å². The van der Waals surface area contributed by atoms with Gasteiger partial charge in [0.05, 0.1) is 6.54 Å². The zero-order valence-corrected chi connectivity index (χ0v) is 11.1. The van der Waals surface area contributed by atoms with E-state index >= 15 is 0 Å². The molecule has 1 amide bonds. The molecule has 2 heterocycles. The van der Waals surface area contributed by atoms with Crippen LogP contribution in [0.2, 0.25) is 0 Å². The molecule has 0 bridgehead atoms. The Morgan fingerprint density at radius 2 is 2.33 bits per heavy atom. The summed E-state index contributed by atoms with van der Waals surface area (Å²) in [5, 5.41) is 0. The fraction of sp³-hybridized carbons (Fsp3) is 0.692. The van der Waals surface area contributed by atoms with E-state index in [0.29, 0.717) is 25.4 Å². The van der Waals surface area contributed by atoms with Crippen LogP contribution < -0.4 is 5.73 Å². The topological polar surface area (TPSA) is 72.4 Å². The quantitative estimate of drug-likeness (QED) is 0.888. The van der Waals surface area contributed by atoms with E-state index in [1.165, 1.54) is 0 Å². The molecule has 0 unspecified atom stereocenters. The second-order valence-electron chi connectivity index (χ2n) is 5.27. The van der Waals surface area contributed by atoms with Crippen molar-refractivity contribution >= 4 is 11.9 Å². The summed E-state index contributed by atoms with van der Waals surface area (Å²) in [6.45, 7) is 5.60. The molecule has 0 saturated heterocycles. The lowest BCUT2D eigenvalue weighted by atomic mass is 10.1. The van der Waals surface area contributed by atoms with E-state index in [4.69, 9.17) is 10.2 Å². The molecule has 0 atom stereocenters. The fourth-order valence-corrected chi connectivity index (χ4v) is 2.25. The number of hydrogen-bond donors (Lipinski definition) is 1. The number of carbonyl (C=O) groups is 1. The lowest BCUT2D eigenvalue weighted by molar-refractivity contribution is -0.132. The van der Waals surface area contributed by atoms with Gasteiger partial charge in [-0.1, -0.05) is 20.3 Å². The lowest BCUT2D eigenvalue weighted by Gasteiger charge is -2.25. The minimum atomic E-state index is 0.203. The smallest absolute Gasteiger partial charge is 0.292 e. The molecule has 0 aromatic carbocycles. The van der Waals surface area contributed by atoms with Crippen LogP contribution in [0.15, 0.2) is 4.42 Å². The molecule has 5 nitrogen and oxygen atoms in total. The van der Waals surface area contributed by atoms with Crippen molar-refractivity contribution in [3.8, 4) is 0 Å². The van der Waals surface area contributed by atoms with Gasteiger partial charge in [-0.05, 0) is 12.3 Å². The van der Waals surface area contributed by atoms with Crippen molar-refractivity contribution in [3.63, 3.8) is 0 Å². The third-order valence-corrected chi connectivity index (χ3v) is 3.27. The first-order chi connectivity index (χ1) is 8.56. The lowest BCUT2D eigenvalue weighted by Crippen LogP contribution is -2.35. The van der Waals surface area contributed by atoms with Crippen LogP contribution >= 0.6 is 0 Å². The second-order valence-corrected chi connectivity index (χ2v) is 5.27. The number of carbonyl (C=O) groups excluding carboxylic acids is 1. The molecule has 1 aliphatic rings. The van der Waals surface area contributed by atoms with Gasteiger partial charge in [-0.2, -0.15) is 4.98 Å². The standard InChI is InChI=1S/C13H21N3O2/c1-9(2)4-3-5-12(17)16-7-6-11-10(8-16)15-13(14)18-11/h9H,3-8H2,1-2H3,(H2,14,15). The third-order valence-electron chi connectivity index (χ3n) is 3.27. The van der Waals surface area contributed by atoms with E-state index in [9.17, 15) is 4.79 Å². The Bertz CT molecular complexity index is 426. The van der Waals surface area contributed by atoms with Crippen molar-refractivity contribution in [2.75, 3.05) is 12.3 Å². The molecule has 1 aromatic rings. The van der Waals surface area contributed by atoms with Crippen molar-refractivity contribution in [2.45, 2.75) is 46.1 Å². The number of oxazole rings is 1. The average Bonchev–Trinajstić information content (AvgIpc) is 2.67. The summed E-state index contributed by atoms with van der Waals surface area (Å²) >= 11 is 0. The maximum absolute atomic E-state index is 12.0. The van der Waals surface area contributed by atoms with Crippen molar-refractivity contribution in [3.05, 3.63) is 11.5 Å². The summed E-state index contributed by atoms with van der Waals surface area (Å²) in [7, 11) is 0. The molecule has 1 aliphatic heterocycles. The van der Waals surface area contributed by atoms with Gasteiger partial charge in [-0.15, -0.1) is 0 Å². The van der Waals surface area contributed by atoms with Gasteiger partial charge in [0.2, 0.25) is 5.91 Å². The van der Waals surface area contributed by atoms with Gasteiger partial charge >= 0.3 is 0 Å². The van der Waals surface area contributed by atoms with Crippen molar-refractivity contribution in [2.24, 2.45) is 5.92 Å². The first-order valence-corrected chi connectivity index (χ1v) is 6.58. The van der Waals surface area contributed by atoms with Crippen LogP contribution in [0.25, 0.3) is 0 Å². The van der Waals surface area contributed by atoms with Gasteiger partial charge in [0, 0.05) is 19.4 Å². The Balaban J connectivity index is 1.86. The van der Waals surface area contributed by atoms with Crippen LogP contribution in [0.3, 0.4) is 0 Å². The van der Waals surface area contributed by atoms with E-state index in [-0.39, 0.29) is 11.9 Å². The highest BCUT2D eigenvalue weighted by Gasteiger charge is 2.24. The van der Waals surface area contributed by atoms with Crippen LogP contribution in [0.4, 0.5) is 6.01 Å². The molecule has 5 heteroatoms. The Morgan fingerprint density at radius 3 is 3.06 bits per heavy atom. The molecule has 0 fully saturated rings. The minimum absolute atomic E-state index is 0.203. The van der Waals surface area contributed by atoms with Gasteiger partial charge in [0.15, 0.2) is 0 Å². The predicted octanol–water partition coefficient (Wildman–Crippen LogP) is 1.97. The maximum atomic E-state index is 12.0. The largest absolute Gasteiger partial charge is 0.428 e. The number of rotatable bonds is 4. The monoisotopic (exact) mass is 251 g/mol. The first-order valence-electron chi connectivity index (χ1n) is 6.58. The highest BCUT2D eigenvalue weighted by Crippen LogP contribution is 2.21. The Morgan fingerprint density at radius 1 is 1.56 bits per heavy atom. The predicted molar refractivity (Wildman–Crippen MR) is 68.7 cm³/mol. The zero-order chi connectivity index (χ0) is 13.1. The summed E-state index contributed by atoms with van der Waals surface area (Å²) in [6.07, 6.45) is 3.40. The van der Waals surface area contributed by atoms with E-state index in [1.807, 2.05) is 4.90 Å². The Hall–Kier alpha value is -1.52. The van der Waals surface area contributed by atoms with E-state index < -0.39 is 0 Å². The number of anilines is 1. The second kappa shape index (κ2) is 5.42. The molecule has 0 saturated carbocycles. The summed E-state index contributed by atoms with van der Waals surface area (Å²) in [5.74, 6) is 1.70. The zero-order valence-electron chi connectivity index (χ0n) is 11.1. The van der Waals surface area contributed by atoms with Gasteiger partial charge < -0.3 is 15.1 Å². The third kappa shape index (κ3) is 3.03. The fourth-order valence-electron chi connectivity index (χ4n) is 2.25. The molecule has 0 spiro atoms. The van der Waals surface area contributed by atoms with E-state index in [0.717, 1.165) is 30.7 Å². The molecule has 18 heavy (non-hydrogen) atoms. The average molecular weight is 251 g/mol. The van der Waals surface area contributed by atoms with Gasteiger partial charge in [0.1, 0.15) is 11.5 Å². The summed E-state index contributed by atoms with van der Waals surface area (Å²) in [4.78, 5) is 18.0. The molecule has 0 aliphatic carbocycles. The van der Waals surface area contributed by atoms with Gasteiger partial charge in [-0.3, -0.25) is 4.79 Å². The van der Waals surface area contributed by atoms with Gasteiger partial charge in [-0.25, -0.2) is 0 Å². The SMILES string of the molecule is CC(C)CCCC(=O)N1CCc2oc(N)nc2C1. The Labute approximate surface area is 107 Å². The molecule has 0 radical (unpaired) electrons. The van der Waals surface area contributed by atoms with E-state index in [1.54, 1.807) is 0 Å². The summed E-state index contributed by atoms with van der Waals surface area (Å²) in [6, 6.07) is 0.203. The first kappa shape index (κ1) is 12.9. The summed E-state index contributed by atoms with van der Waals surface area (Å²) < 4.78 is 5.28. The normalized spacial score (nSPS) is 14.9. The van der Waals surface area contributed by atoms with E-state index in [2.05, 4.69) is 18.8 Å². The molecular weight excluding hydrogens is 230 g/mol. The highest BCUT2D eigenvalue weighted by molar-refractivity contribution is 5.76. The summed E-state index contributed by atoms with van der Waals surface area (Å²) in [5.41, 5.74) is 6.33. The van der Waals surface area contributed by atoms with Crippen LogP contribution in [0.5, 0.6) is 0 Å². The highest BCUT2D eigenvalue weighted by atomic mass is 16.4. The molecule has 100 valence electrons. The molecule has 2 N–H and O–H groups in total. The number of nitrogen functional groups attached to an aromatic ring is 1. The number of aromatic nitrogens is 1. The number of nitrogens with two attached hydrogens (primary N) is 1. The van der Waals surface area contributed by atoms with Crippen molar-refractivity contribution in [1.82, 2.24) is 9.88 Å². The number of nitrogens with zero attached hydrogens (tertiary/aromatic N) is 2. The maximum Gasteiger partial charge on any atom is 0.292 e. The minimum Gasteiger partial charge on any atom is -0.428 e. The molecule has 1 aromatic heterocycles. The number of amides is 1. The van der Waals surface area contributed by atoms with Crippen molar-refractivity contribution < 1.29 is 9.21 Å². The molecular formula is C13H21N3O2.